The zero-order valence-electron chi connectivity index (χ0n) is 31.9. The van der Waals surface area contributed by atoms with Crippen molar-refractivity contribution in [2.24, 2.45) is 5.41 Å². The number of nitrogens with one attached hydrogen (secondary N) is 1. The monoisotopic (exact) mass is 830 g/mol. The fourth-order valence-corrected chi connectivity index (χ4v) is 8.31. The number of ether oxygens (including phenoxy) is 2. The molecule has 2 aliphatic heterocycles. The molecule has 18 heteroatoms. The lowest BCUT2D eigenvalue weighted by atomic mass is 9.77. The Morgan fingerprint density at radius 2 is 1.72 bits per heavy atom. The first-order valence-corrected chi connectivity index (χ1v) is 19.4. The van der Waals surface area contributed by atoms with Crippen LogP contribution in [0.1, 0.15) is 92.2 Å². The number of nitrogens with zero attached hydrogens (tertiary/aromatic N) is 3. The number of carboxylic acids is 1. The Labute approximate surface area is 329 Å². The molecule has 2 saturated heterocycles. The molecule has 2 aliphatic rings. The predicted molar refractivity (Wildman–Crippen MR) is 195 cm³/mol. The van der Waals surface area contributed by atoms with Crippen molar-refractivity contribution in [3.8, 4) is 11.5 Å². The average molecular weight is 831 g/mol. The van der Waals surface area contributed by atoms with Gasteiger partial charge in [0.15, 0.2) is 11.6 Å². The molecule has 2 fully saturated rings. The third kappa shape index (κ3) is 9.01. The largest absolute Gasteiger partial charge is 0.490 e. The second-order valence-corrected chi connectivity index (χ2v) is 15.9. The number of pyridine rings is 1. The molecule has 2 atom stereocenters. The number of aromatic nitrogens is 1. The zero-order chi connectivity index (χ0) is 42.0. The van der Waals surface area contributed by atoms with Crippen LogP contribution in [0.4, 0.5) is 30.7 Å². The normalized spacial score (nSPS) is 20.3. The highest BCUT2D eigenvalue weighted by molar-refractivity contribution is 7.10. The lowest BCUT2D eigenvalue weighted by Crippen LogP contribution is -2.69. The molecule has 0 saturated carbocycles. The van der Waals surface area contributed by atoms with E-state index in [4.69, 9.17) is 9.47 Å². The Balaban J connectivity index is 1.50. The van der Waals surface area contributed by atoms with Gasteiger partial charge in [0.1, 0.15) is 16.3 Å². The molecule has 4 heterocycles. The van der Waals surface area contributed by atoms with Gasteiger partial charge >= 0.3 is 18.3 Å². The number of carboxylic acid groups (broad SMARTS) is 1. The molecule has 0 aliphatic carbocycles. The topological polar surface area (TPSA) is 121 Å². The summed E-state index contributed by atoms with van der Waals surface area (Å²) in [6.45, 7) is 4.67. The quantitative estimate of drug-likeness (QED) is 0.166. The standard InChI is InChI=1S/C39H45F7N4O6S/c1-5-9-28-37(56-24-22-29(57-23-24)39(44,45)46,13-8-18-50(28)32(51)30-25(38(41,42)43)11-7-17-48-30)33(52)49-19-14-36(47-4,15-20-49)26-10-6-12-27(40)31(26)55-21-16-35(2,3)34(53)54/h6-7,10-12,17,22-23,28,47H,5,8-9,13-16,18-21H2,1-4H3,(H,53,54)/t28-,37+/m1/s1. The number of alkyl halides is 6. The highest BCUT2D eigenvalue weighted by Gasteiger charge is 2.57. The highest BCUT2D eigenvalue weighted by Crippen LogP contribution is 2.45. The summed E-state index contributed by atoms with van der Waals surface area (Å²) in [5.74, 6) is -3.83. The molecule has 0 bridgehead atoms. The molecule has 10 nitrogen and oxygen atoms in total. The van der Waals surface area contributed by atoms with Crippen LogP contribution in [-0.4, -0.2) is 82.6 Å². The van der Waals surface area contributed by atoms with Gasteiger partial charge < -0.3 is 29.7 Å². The number of benzene rings is 1. The number of aliphatic carboxylic acids is 1. The first-order valence-electron chi connectivity index (χ1n) is 18.5. The SMILES string of the molecule is CCC[C@H]1N(C(=O)c2ncccc2C(F)(F)F)CCC[C@@]1(Oc1csc(C(F)(F)F)c1)C(=O)N1CCC(NC)(c2cccc(F)c2OCCC(C)(C)C(=O)O)CC1. The van der Waals surface area contributed by atoms with E-state index in [1.54, 1.807) is 20.0 Å². The maximum Gasteiger partial charge on any atom is 0.425 e. The van der Waals surface area contributed by atoms with Gasteiger partial charge in [-0.2, -0.15) is 26.3 Å². The van der Waals surface area contributed by atoms with Crippen LogP contribution >= 0.6 is 11.3 Å². The molecule has 2 N–H and O–H groups in total. The van der Waals surface area contributed by atoms with E-state index in [9.17, 15) is 41.0 Å². The van der Waals surface area contributed by atoms with Crippen molar-refractivity contribution < 1.29 is 59.7 Å². The smallest absolute Gasteiger partial charge is 0.425 e. The first kappa shape index (κ1) is 43.7. The highest BCUT2D eigenvalue weighted by atomic mass is 32.1. The molecule has 0 spiro atoms. The zero-order valence-corrected chi connectivity index (χ0v) is 32.7. The number of halogens is 7. The van der Waals surface area contributed by atoms with Gasteiger partial charge in [-0.3, -0.25) is 19.4 Å². The molecule has 312 valence electrons. The maximum absolute atomic E-state index is 15.4. The minimum atomic E-state index is -4.93. The number of hydrogen-bond acceptors (Lipinski definition) is 8. The number of carbonyl (C=O) groups is 3. The Morgan fingerprint density at radius 1 is 1.02 bits per heavy atom. The van der Waals surface area contributed by atoms with Gasteiger partial charge in [0.2, 0.25) is 5.60 Å². The number of rotatable bonds is 13. The number of carbonyl (C=O) groups excluding carboxylic acids is 2. The second-order valence-electron chi connectivity index (χ2n) is 15.0. The summed E-state index contributed by atoms with van der Waals surface area (Å²) in [4.78, 5) is 46.1. The molecule has 0 radical (unpaired) electrons. The molecule has 0 unspecified atom stereocenters. The number of thiophene rings is 1. The van der Waals surface area contributed by atoms with Gasteiger partial charge in [-0.05, 0) is 71.2 Å². The number of amides is 2. The van der Waals surface area contributed by atoms with Crippen LogP contribution in [-0.2, 0) is 27.5 Å². The number of hydrogen-bond donors (Lipinski definition) is 2. The van der Waals surface area contributed by atoms with Crippen molar-refractivity contribution >= 4 is 29.1 Å². The van der Waals surface area contributed by atoms with Crippen LogP contribution in [0, 0.1) is 11.2 Å². The van der Waals surface area contributed by atoms with Crippen molar-refractivity contribution in [3.05, 3.63) is 75.5 Å². The van der Waals surface area contributed by atoms with E-state index in [0.29, 0.717) is 23.3 Å². The Morgan fingerprint density at radius 3 is 2.32 bits per heavy atom. The molecular formula is C39H45F7N4O6S. The summed E-state index contributed by atoms with van der Waals surface area (Å²) in [6.07, 6.45) is -7.76. The predicted octanol–water partition coefficient (Wildman–Crippen LogP) is 8.16. The molecular weight excluding hydrogens is 786 g/mol. The van der Waals surface area contributed by atoms with Crippen LogP contribution < -0.4 is 14.8 Å². The van der Waals surface area contributed by atoms with Crippen LogP contribution in [0.15, 0.2) is 48.0 Å². The molecule has 3 aromatic rings. The molecule has 2 amide bonds. The van der Waals surface area contributed by atoms with Crippen molar-refractivity contribution in [1.82, 2.24) is 20.1 Å². The van der Waals surface area contributed by atoms with E-state index in [0.717, 1.165) is 34.7 Å². The van der Waals surface area contributed by atoms with Gasteiger partial charge in [0, 0.05) is 49.3 Å². The maximum atomic E-state index is 15.4. The van der Waals surface area contributed by atoms with Gasteiger partial charge in [0.05, 0.1) is 29.2 Å². The molecule has 2 aromatic heterocycles. The molecule has 5 rings (SSSR count). The fraction of sp³-hybridized carbons (Fsp3) is 0.538. The summed E-state index contributed by atoms with van der Waals surface area (Å²) in [6, 6.07) is 5.71. The Hall–Kier alpha value is -4.45. The summed E-state index contributed by atoms with van der Waals surface area (Å²) >= 11 is 0.355. The van der Waals surface area contributed by atoms with E-state index >= 15 is 9.18 Å². The summed E-state index contributed by atoms with van der Waals surface area (Å²) in [5.41, 5.74) is -5.81. The number of para-hydroxylation sites is 1. The van der Waals surface area contributed by atoms with Gasteiger partial charge in [-0.15, -0.1) is 11.3 Å². The summed E-state index contributed by atoms with van der Waals surface area (Å²) < 4.78 is 111. The summed E-state index contributed by atoms with van der Waals surface area (Å²) in [5, 5.41) is 13.9. The minimum Gasteiger partial charge on any atom is -0.490 e. The van der Waals surface area contributed by atoms with Crippen molar-refractivity contribution in [3.63, 3.8) is 0 Å². The lowest BCUT2D eigenvalue weighted by Gasteiger charge is -2.51. The van der Waals surface area contributed by atoms with Crippen molar-refractivity contribution in [2.75, 3.05) is 33.3 Å². The van der Waals surface area contributed by atoms with Gasteiger partial charge in [0.25, 0.3) is 11.8 Å². The molecule has 57 heavy (non-hydrogen) atoms. The first-order chi connectivity index (χ1) is 26.7. The van der Waals surface area contributed by atoms with E-state index in [1.165, 1.54) is 30.9 Å². The van der Waals surface area contributed by atoms with Crippen molar-refractivity contribution in [2.45, 2.75) is 95.3 Å². The summed E-state index contributed by atoms with van der Waals surface area (Å²) in [7, 11) is 1.66. The van der Waals surface area contributed by atoms with Crippen LogP contribution in [0.5, 0.6) is 11.5 Å². The Kier molecular flexibility index (Phi) is 12.9. The Bertz CT molecular complexity index is 1930. The van der Waals surface area contributed by atoms with Crippen LogP contribution in [0.25, 0.3) is 0 Å². The van der Waals surface area contributed by atoms with E-state index in [2.05, 4.69) is 10.3 Å². The van der Waals surface area contributed by atoms with Crippen LogP contribution in [0.3, 0.4) is 0 Å². The fourth-order valence-electron chi connectivity index (χ4n) is 7.64. The third-order valence-electron chi connectivity index (χ3n) is 10.9. The lowest BCUT2D eigenvalue weighted by molar-refractivity contribution is -0.161. The van der Waals surface area contributed by atoms with E-state index in [-0.39, 0.29) is 76.3 Å². The number of likely N-dealkylation sites (tertiary alicyclic amines) is 2. The average Bonchev–Trinajstić information content (AvgIpc) is 3.64. The molecule has 1 aromatic carbocycles. The van der Waals surface area contributed by atoms with E-state index < -0.39 is 74.7 Å². The van der Waals surface area contributed by atoms with Gasteiger partial charge in [-0.25, -0.2) is 4.39 Å². The van der Waals surface area contributed by atoms with Crippen LogP contribution in [0.2, 0.25) is 0 Å². The second kappa shape index (κ2) is 16.8. The minimum absolute atomic E-state index is 0.0233. The number of piperidine rings is 2. The third-order valence-corrected chi connectivity index (χ3v) is 11.9. The van der Waals surface area contributed by atoms with Gasteiger partial charge in [-0.1, -0.05) is 25.5 Å². The van der Waals surface area contributed by atoms with Crippen molar-refractivity contribution in [1.29, 1.82) is 0 Å². The van der Waals surface area contributed by atoms with E-state index in [1.807, 2.05) is 0 Å².